The molecule has 0 bridgehead atoms. The lowest BCUT2D eigenvalue weighted by Gasteiger charge is -2.10. The average molecular weight is 410 g/mol. The van der Waals surface area contributed by atoms with Gasteiger partial charge in [0.25, 0.3) is 5.91 Å². The molecule has 1 fully saturated rings. The lowest BCUT2D eigenvalue weighted by molar-refractivity contribution is -0.117. The normalized spacial score (nSPS) is 16.1. The number of rotatable bonds is 6. The summed E-state index contributed by atoms with van der Waals surface area (Å²) in [6.45, 7) is 1.64. The summed E-state index contributed by atoms with van der Waals surface area (Å²) in [5.74, 6) is -0.398. The van der Waals surface area contributed by atoms with Crippen LogP contribution in [0, 0.1) is 22.7 Å². The molecule has 0 aliphatic carbocycles. The summed E-state index contributed by atoms with van der Waals surface area (Å²) in [4.78, 5) is 12.6. The minimum atomic E-state index is -0.398. The van der Waals surface area contributed by atoms with Crippen LogP contribution in [0.25, 0.3) is 17.0 Å². The third-order valence-electron chi connectivity index (χ3n) is 5.48. The topological polar surface area (TPSA) is 90.8 Å². The molecule has 2 heterocycles. The Morgan fingerprint density at radius 2 is 2.00 bits per heavy atom. The van der Waals surface area contributed by atoms with E-state index in [9.17, 15) is 15.3 Å². The van der Waals surface area contributed by atoms with Crippen molar-refractivity contribution in [2.75, 3.05) is 13.2 Å². The molecule has 154 valence electrons. The monoisotopic (exact) mass is 410 g/mol. The molecule has 4 rings (SSSR count). The van der Waals surface area contributed by atoms with Crippen LogP contribution < -0.4 is 5.32 Å². The second-order valence-corrected chi connectivity index (χ2v) is 7.51. The Morgan fingerprint density at radius 3 is 2.77 bits per heavy atom. The number of fused-ring (bicyclic) bond motifs is 1. The highest BCUT2D eigenvalue weighted by Gasteiger charge is 2.18. The Morgan fingerprint density at radius 1 is 1.19 bits per heavy atom. The number of para-hydroxylation sites is 1. The summed E-state index contributed by atoms with van der Waals surface area (Å²) < 4.78 is 7.57. The van der Waals surface area contributed by atoms with E-state index in [1.165, 1.54) is 0 Å². The number of nitriles is 2. The van der Waals surface area contributed by atoms with Crippen molar-refractivity contribution >= 4 is 22.9 Å². The molecule has 3 aromatic rings. The van der Waals surface area contributed by atoms with E-state index in [0.717, 1.165) is 41.5 Å². The van der Waals surface area contributed by atoms with Crippen molar-refractivity contribution < 1.29 is 9.53 Å². The van der Waals surface area contributed by atoms with E-state index in [0.29, 0.717) is 18.7 Å². The Balaban J connectivity index is 1.63. The van der Waals surface area contributed by atoms with Crippen LogP contribution >= 0.6 is 0 Å². The number of hydrogen-bond acceptors (Lipinski definition) is 4. The third-order valence-corrected chi connectivity index (χ3v) is 5.48. The van der Waals surface area contributed by atoms with Crippen LogP contribution in [0.4, 0.5) is 0 Å². The minimum Gasteiger partial charge on any atom is -0.376 e. The molecule has 2 aromatic carbocycles. The summed E-state index contributed by atoms with van der Waals surface area (Å²) in [6, 6.07) is 19.6. The fourth-order valence-electron chi connectivity index (χ4n) is 3.88. The fourth-order valence-corrected chi connectivity index (χ4v) is 3.88. The van der Waals surface area contributed by atoms with Gasteiger partial charge in [-0.3, -0.25) is 4.79 Å². The number of amides is 1. The van der Waals surface area contributed by atoms with Crippen LogP contribution in [0.15, 0.2) is 60.3 Å². The van der Waals surface area contributed by atoms with Crippen LogP contribution in [0.5, 0.6) is 0 Å². The number of nitrogens with one attached hydrogen (secondary N) is 1. The first-order valence-corrected chi connectivity index (χ1v) is 10.3. The van der Waals surface area contributed by atoms with Crippen molar-refractivity contribution in [1.29, 1.82) is 10.5 Å². The van der Waals surface area contributed by atoms with Crippen molar-refractivity contribution in [3.05, 3.63) is 77.0 Å². The first-order chi connectivity index (χ1) is 15.2. The van der Waals surface area contributed by atoms with Gasteiger partial charge in [-0.05, 0) is 36.6 Å². The summed E-state index contributed by atoms with van der Waals surface area (Å²) in [7, 11) is 0. The molecule has 6 heteroatoms. The number of carbonyl (C=O) groups is 1. The number of carbonyl (C=O) groups excluding carboxylic acids is 1. The van der Waals surface area contributed by atoms with Crippen molar-refractivity contribution in [1.82, 2.24) is 9.88 Å². The highest BCUT2D eigenvalue weighted by atomic mass is 16.5. The van der Waals surface area contributed by atoms with Crippen LogP contribution in [0.1, 0.15) is 29.5 Å². The molecule has 1 aliphatic heterocycles. The van der Waals surface area contributed by atoms with E-state index in [4.69, 9.17) is 4.74 Å². The lowest BCUT2D eigenvalue weighted by Crippen LogP contribution is -2.32. The van der Waals surface area contributed by atoms with Crippen molar-refractivity contribution in [2.45, 2.75) is 25.5 Å². The first-order valence-electron chi connectivity index (χ1n) is 10.3. The first kappa shape index (κ1) is 20.4. The maximum atomic E-state index is 12.6. The van der Waals surface area contributed by atoms with E-state index in [2.05, 4.69) is 11.4 Å². The maximum Gasteiger partial charge on any atom is 0.262 e. The zero-order chi connectivity index (χ0) is 21.6. The van der Waals surface area contributed by atoms with E-state index in [-0.39, 0.29) is 11.7 Å². The highest BCUT2D eigenvalue weighted by Crippen LogP contribution is 2.25. The molecular formula is C25H22N4O2. The molecule has 0 spiro atoms. The molecule has 1 aromatic heterocycles. The van der Waals surface area contributed by atoms with E-state index in [1.807, 2.05) is 59.3 Å². The second kappa shape index (κ2) is 9.30. The van der Waals surface area contributed by atoms with Gasteiger partial charge < -0.3 is 14.6 Å². The lowest BCUT2D eigenvalue weighted by atomic mass is 10.1. The number of benzene rings is 2. The molecule has 0 radical (unpaired) electrons. The van der Waals surface area contributed by atoms with Gasteiger partial charge in [0.15, 0.2) is 0 Å². The van der Waals surface area contributed by atoms with Gasteiger partial charge in [0.2, 0.25) is 0 Å². The minimum absolute atomic E-state index is 0.0195. The molecule has 1 atom stereocenters. The number of ether oxygens (including phenoxy) is 1. The number of hydrogen-bond donors (Lipinski definition) is 1. The molecule has 0 unspecified atom stereocenters. The Labute approximate surface area is 181 Å². The smallest absolute Gasteiger partial charge is 0.262 e. The maximum absolute atomic E-state index is 12.6. The number of nitrogens with zero attached hydrogens (tertiary/aromatic N) is 3. The van der Waals surface area contributed by atoms with Crippen molar-refractivity contribution in [2.24, 2.45) is 0 Å². The van der Waals surface area contributed by atoms with E-state index >= 15 is 0 Å². The van der Waals surface area contributed by atoms with Crippen LogP contribution in [0.3, 0.4) is 0 Å². The Hall–Kier alpha value is -3.87. The molecule has 1 amide bonds. The van der Waals surface area contributed by atoms with E-state index in [1.54, 1.807) is 12.1 Å². The Kier molecular flexibility index (Phi) is 6.12. The van der Waals surface area contributed by atoms with Gasteiger partial charge in [-0.25, -0.2) is 0 Å². The molecule has 1 N–H and O–H groups in total. The van der Waals surface area contributed by atoms with Crippen LogP contribution in [-0.2, 0) is 16.1 Å². The molecular weight excluding hydrogens is 388 g/mol. The molecule has 0 saturated carbocycles. The van der Waals surface area contributed by atoms with Crippen LogP contribution in [0.2, 0.25) is 0 Å². The zero-order valence-corrected chi connectivity index (χ0v) is 17.0. The SMILES string of the molecule is N#C/C(=C\c1cn(Cc2ccccc2C#N)c2ccccc12)C(=O)NC[C@@H]1CCCO1. The van der Waals surface area contributed by atoms with Crippen molar-refractivity contribution in [3.63, 3.8) is 0 Å². The molecule has 1 aliphatic rings. The van der Waals surface area contributed by atoms with Gasteiger partial charge in [0.05, 0.1) is 17.7 Å². The second-order valence-electron chi connectivity index (χ2n) is 7.51. The van der Waals surface area contributed by atoms with E-state index < -0.39 is 5.91 Å². The quantitative estimate of drug-likeness (QED) is 0.495. The van der Waals surface area contributed by atoms with Gasteiger partial charge >= 0.3 is 0 Å². The predicted octanol–water partition coefficient (Wildman–Crippen LogP) is 3.76. The average Bonchev–Trinajstić information content (AvgIpc) is 3.45. The zero-order valence-electron chi connectivity index (χ0n) is 17.0. The summed E-state index contributed by atoms with van der Waals surface area (Å²) in [5.41, 5.74) is 3.35. The van der Waals surface area contributed by atoms with Crippen molar-refractivity contribution in [3.8, 4) is 12.1 Å². The standard InChI is InChI=1S/C25H22N4O2/c26-13-18-6-1-2-7-19(18)16-29-17-21(23-9-3-4-10-24(23)29)12-20(14-27)25(30)28-15-22-8-5-11-31-22/h1-4,6-7,9-10,12,17,22H,5,8,11,15-16H2,(H,28,30)/b20-12+/t22-/m0/s1. The summed E-state index contributed by atoms with van der Waals surface area (Å²) in [6.07, 6.45) is 5.48. The van der Waals surface area contributed by atoms with Gasteiger partial charge in [0, 0.05) is 42.4 Å². The van der Waals surface area contributed by atoms with Gasteiger partial charge in [-0.15, -0.1) is 0 Å². The van der Waals surface area contributed by atoms with Gasteiger partial charge in [0.1, 0.15) is 11.6 Å². The summed E-state index contributed by atoms with van der Waals surface area (Å²) >= 11 is 0. The molecule has 6 nitrogen and oxygen atoms in total. The third kappa shape index (κ3) is 4.50. The largest absolute Gasteiger partial charge is 0.376 e. The highest BCUT2D eigenvalue weighted by molar-refractivity contribution is 6.04. The van der Waals surface area contributed by atoms with Gasteiger partial charge in [-0.1, -0.05) is 36.4 Å². The predicted molar refractivity (Wildman–Crippen MR) is 118 cm³/mol. The number of aromatic nitrogens is 1. The molecule has 31 heavy (non-hydrogen) atoms. The van der Waals surface area contributed by atoms with Gasteiger partial charge in [-0.2, -0.15) is 10.5 Å². The fraction of sp³-hybridized carbons (Fsp3) is 0.240. The molecule has 1 saturated heterocycles. The van der Waals surface area contributed by atoms with Crippen LogP contribution in [-0.4, -0.2) is 29.7 Å². The summed E-state index contributed by atoms with van der Waals surface area (Å²) in [5, 5.41) is 22.7. The Bertz CT molecular complexity index is 1220.